The molecule has 192 valence electrons. The summed E-state index contributed by atoms with van der Waals surface area (Å²) in [4.78, 5) is 30.9. The molecule has 0 bridgehead atoms. The molecule has 0 unspecified atom stereocenters. The minimum absolute atomic E-state index is 0.0937. The van der Waals surface area contributed by atoms with Gasteiger partial charge in [0, 0.05) is 49.3 Å². The lowest BCUT2D eigenvalue weighted by molar-refractivity contribution is 0.0342. The number of hydrogen-bond donors (Lipinski definition) is 1. The summed E-state index contributed by atoms with van der Waals surface area (Å²) >= 11 is 5.95. The number of likely N-dealkylation sites (N-methyl/N-ethyl adjacent to an activating group) is 1. The molecular weight excluding hydrogens is 480 g/mol. The molecule has 1 fully saturated rings. The molecule has 1 amide bonds. The van der Waals surface area contributed by atoms with Crippen molar-refractivity contribution in [2.45, 2.75) is 19.8 Å². The Balaban J connectivity index is 1.61. The van der Waals surface area contributed by atoms with Crippen molar-refractivity contribution in [3.8, 4) is 0 Å². The number of amides is 1. The fourth-order valence-corrected chi connectivity index (χ4v) is 4.24. The Morgan fingerprint density at radius 1 is 1.11 bits per heavy atom. The topological polar surface area (TPSA) is 76.0 Å². The molecule has 0 saturated carbocycles. The molecule has 2 aromatic carbocycles. The molecule has 0 atom stereocenters. The second-order valence-electron chi connectivity index (χ2n) is 9.23. The summed E-state index contributed by atoms with van der Waals surface area (Å²) < 4.78 is 13.1. The summed E-state index contributed by atoms with van der Waals surface area (Å²) in [5.41, 5.74) is 2.47. The molecule has 8 nitrogen and oxygen atoms in total. The minimum Gasteiger partial charge on any atom is -0.379 e. The second kappa shape index (κ2) is 12.5. The number of ether oxygens (including phenoxy) is 2. The summed E-state index contributed by atoms with van der Waals surface area (Å²) in [5.74, 6) is -0.419. The van der Waals surface area contributed by atoms with Crippen LogP contribution in [0.4, 0.5) is 0 Å². The fourth-order valence-electron chi connectivity index (χ4n) is 4.12. The van der Waals surface area contributed by atoms with E-state index >= 15 is 0 Å². The van der Waals surface area contributed by atoms with Crippen LogP contribution in [0.2, 0.25) is 5.02 Å². The van der Waals surface area contributed by atoms with E-state index < -0.39 is 5.91 Å². The summed E-state index contributed by atoms with van der Waals surface area (Å²) in [6.07, 6.45) is 1.60. The molecule has 0 spiro atoms. The summed E-state index contributed by atoms with van der Waals surface area (Å²) in [7, 11) is 3.97. The molecule has 0 radical (unpaired) electrons. The van der Waals surface area contributed by atoms with E-state index in [2.05, 4.69) is 10.2 Å². The quantitative estimate of drug-likeness (QED) is 0.421. The van der Waals surface area contributed by atoms with Gasteiger partial charge in [-0.1, -0.05) is 29.8 Å². The molecule has 1 aliphatic heterocycles. The van der Waals surface area contributed by atoms with Crippen LogP contribution < -0.4 is 10.7 Å². The van der Waals surface area contributed by atoms with E-state index in [1.807, 2.05) is 53.9 Å². The number of morpholine rings is 1. The third kappa shape index (κ3) is 6.93. The van der Waals surface area contributed by atoms with Crippen LogP contribution in [0.15, 0.2) is 53.5 Å². The first kappa shape index (κ1) is 26.3. The molecule has 1 aliphatic rings. The zero-order chi connectivity index (χ0) is 25.5. The van der Waals surface area contributed by atoms with Gasteiger partial charge in [0.2, 0.25) is 5.43 Å². The maximum Gasteiger partial charge on any atom is 0.257 e. The van der Waals surface area contributed by atoms with Crippen molar-refractivity contribution in [3.05, 3.63) is 80.6 Å². The van der Waals surface area contributed by atoms with Gasteiger partial charge in [-0.3, -0.25) is 14.5 Å². The molecule has 9 heteroatoms. The van der Waals surface area contributed by atoms with Crippen molar-refractivity contribution in [2.75, 3.05) is 53.6 Å². The van der Waals surface area contributed by atoms with Gasteiger partial charge in [-0.2, -0.15) is 0 Å². The highest BCUT2D eigenvalue weighted by atomic mass is 35.5. The maximum absolute atomic E-state index is 13.5. The molecule has 36 heavy (non-hydrogen) atoms. The van der Waals surface area contributed by atoms with Crippen LogP contribution in [0.3, 0.4) is 0 Å². The van der Waals surface area contributed by atoms with Gasteiger partial charge in [0.15, 0.2) is 0 Å². The summed E-state index contributed by atoms with van der Waals surface area (Å²) in [6, 6.07) is 13.1. The highest BCUT2D eigenvalue weighted by molar-refractivity contribution is 6.30. The van der Waals surface area contributed by atoms with Crippen LogP contribution in [0.25, 0.3) is 10.9 Å². The third-order valence-corrected chi connectivity index (χ3v) is 6.43. The van der Waals surface area contributed by atoms with Crippen LogP contribution >= 0.6 is 11.6 Å². The van der Waals surface area contributed by atoms with Gasteiger partial charge in [0.05, 0.1) is 25.3 Å². The third-order valence-electron chi connectivity index (χ3n) is 6.18. The molecule has 1 N–H and O–H groups in total. The number of benzene rings is 2. The van der Waals surface area contributed by atoms with Gasteiger partial charge in [0.25, 0.3) is 5.91 Å². The van der Waals surface area contributed by atoms with E-state index in [1.165, 1.54) is 0 Å². The number of rotatable bonds is 10. The van der Waals surface area contributed by atoms with Crippen molar-refractivity contribution in [2.24, 2.45) is 0 Å². The molecule has 4 rings (SSSR count). The van der Waals surface area contributed by atoms with Gasteiger partial charge in [0.1, 0.15) is 12.3 Å². The van der Waals surface area contributed by atoms with E-state index in [-0.39, 0.29) is 17.7 Å². The van der Waals surface area contributed by atoms with Crippen molar-refractivity contribution in [3.63, 3.8) is 0 Å². The standard InChI is InChI=1S/C27H33ClN4O4/c1-30(2)9-12-36-19-32-18-24(27(34)29-16-20-3-6-22(28)7-4-20)26(33)23-15-21(5-8-25(23)32)17-31-10-13-35-14-11-31/h3-8,15,18H,9-14,16-17,19H2,1-2H3,(H,29,34). The Bertz CT molecular complexity index is 1240. The van der Waals surface area contributed by atoms with Crippen LogP contribution in [0.5, 0.6) is 0 Å². The van der Waals surface area contributed by atoms with Crippen LogP contribution in [-0.4, -0.2) is 73.8 Å². The average Bonchev–Trinajstić information content (AvgIpc) is 2.88. The smallest absolute Gasteiger partial charge is 0.257 e. The first-order valence-corrected chi connectivity index (χ1v) is 12.5. The number of carbonyl (C=O) groups is 1. The zero-order valence-corrected chi connectivity index (χ0v) is 21.6. The largest absolute Gasteiger partial charge is 0.379 e. The van der Waals surface area contributed by atoms with Gasteiger partial charge < -0.3 is 24.3 Å². The number of carbonyl (C=O) groups excluding carboxylic acids is 1. The lowest BCUT2D eigenvalue weighted by Crippen LogP contribution is -2.35. The van der Waals surface area contributed by atoms with Crippen LogP contribution in [-0.2, 0) is 29.3 Å². The van der Waals surface area contributed by atoms with Crippen molar-refractivity contribution < 1.29 is 14.3 Å². The van der Waals surface area contributed by atoms with E-state index in [0.717, 1.165) is 42.8 Å². The van der Waals surface area contributed by atoms with E-state index in [4.69, 9.17) is 21.1 Å². The number of halogens is 1. The molecule has 0 aliphatic carbocycles. The minimum atomic E-state index is -0.419. The van der Waals surface area contributed by atoms with E-state index in [0.29, 0.717) is 36.8 Å². The number of nitrogens with one attached hydrogen (secondary N) is 1. The zero-order valence-electron chi connectivity index (χ0n) is 20.8. The summed E-state index contributed by atoms with van der Waals surface area (Å²) in [6.45, 7) is 5.71. The predicted octanol–water partition coefficient (Wildman–Crippen LogP) is 2.95. The number of hydrogen-bond acceptors (Lipinski definition) is 6. The SMILES string of the molecule is CN(C)CCOCn1cc(C(=O)NCc2ccc(Cl)cc2)c(=O)c2cc(CN3CCOCC3)ccc21. The normalized spacial score (nSPS) is 14.4. The van der Waals surface area contributed by atoms with Gasteiger partial charge >= 0.3 is 0 Å². The fraction of sp³-hybridized carbons (Fsp3) is 0.407. The molecular formula is C27H33ClN4O4. The molecule has 3 aromatic rings. The second-order valence-corrected chi connectivity index (χ2v) is 9.67. The molecule has 1 saturated heterocycles. The van der Waals surface area contributed by atoms with Crippen LogP contribution in [0.1, 0.15) is 21.5 Å². The number of pyridine rings is 1. The monoisotopic (exact) mass is 512 g/mol. The average molecular weight is 513 g/mol. The Kier molecular flexibility index (Phi) is 9.12. The lowest BCUT2D eigenvalue weighted by Gasteiger charge is -2.26. The van der Waals surface area contributed by atoms with Crippen LogP contribution in [0, 0.1) is 0 Å². The highest BCUT2D eigenvalue weighted by Gasteiger charge is 2.17. The number of fused-ring (bicyclic) bond motifs is 1. The first-order chi connectivity index (χ1) is 17.4. The predicted molar refractivity (Wildman–Crippen MR) is 141 cm³/mol. The van der Waals surface area contributed by atoms with E-state index in [1.54, 1.807) is 18.3 Å². The van der Waals surface area contributed by atoms with Crippen molar-refractivity contribution >= 4 is 28.4 Å². The van der Waals surface area contributed by atoms with Gasteiger partial charge in [-0.05, 0) is 49.5 Å². The Labute approximate surface area is 216 Å². The Hall–Kier alpha value is -2.75. The molecule has 1 aromatic heterocycles. The summed E-state index contributed by atoms with van der Waals surface area (Å²) in [5, 5.41) is 4.00. The lowest BCUT2D eigenvalue weighted by atomic mass is 10.1. The highest BCUT2D eigenvalue weighted by Crippen LogP contribution is 2.17. The van der Waals surface area contributed by atoms with Crippen molar-refractivity contribution in [1.29, 1.82) is 0 Å². The first-order valence-electron chi connectivity index (χ1n) is 12.1. The van der Waals surface area contributed by atoms with Crippen molar-refractivity contribution in [1.82, 2.24) is 19.7 Å². The number of aromatic nitrogens is 1. The number of nitrogens with zero attached hydrogens (tertiary/aromatic N) is 3. The Morgan fingerprint density at radius 2 is 1.83 bits per heavy atom. The maximum atomic E-state index is 13.5. The van der Waals surface area contributed by atoms with E-state index in [9.17, 15) is 9.59 Å². The molecule has 2 heterocycles. The Morgan fingerprint density at radius 3 is 2.56 bits per heavy atom. The van der Waals surface area contributed by atoms with Gasteiger partial charge in [-0.25, -0.2) is 0 Å². The van der Waals surface area contributed by atoms with Gasteiger partial charge in [-0.15, -0.1) is 0 Å².